The Morgan fingerprint density at radius 2 is 2.00 bits per heavy atom. The van der Waals surface area contributed by atoms with Gasteiger partial charge in [0.05, 0.1) is 6.61 Å². The fourth-order valence-electron chi connectivity index (χ4n) is 2.32. The molecule has 0 bridgehead atoms. The van der Waals surface area contributed by atoms with E-state index >= 15 is 0 Å². The van der Waals surface area contributed by atoms with E-state index in [1.54, 1.807) is 6.07 Å². The van der Waals surface area contributed by atoms with Gasteiger partial charge in [0.2, 0.25) is 0 Å². The maximum Gasteiger partial charge on any atom is 0.126 e. The summed E-state index contributed by atoms with van der Waals surface area (Å²) in [5, 5.41) is 3.30. The van der Waals surface area contributed by atoms with Gasteiger partial charge in [-0.25, -0.2) is 4.39 Å². The van der Waals surface area contributed by atoms with Gasteiger partial charge in [0.1, 0.15) is 11.6 Å². The molecule has 0 atom stereocenters. The number of rotatable bonds is 4. The van der Waals surface area contributed by atoms with E-state index in [0.29, 0.717) is 18.4 Å². The molecule has 1 aliphatic rings. The van der Waals surface area contributed by atoms with Crippen LogP contribution in [0.25, 0.3) is 0 Å². The Bertz CT molecular complexity index is 392. The van der Waals surface area contributed by atoms with E-state index in [-0.39, 0.29) is 18.2 Å². The Morgan fingerprint density at radius 3 is 2.63 bits per heavy atom. The predicted molar refractivity (Wildman–Crippen MR) is 78.8 cm³/mol. The Morgan fingerprint density at radius 1 is 1.32 bits per heavy atom. The van der Waals surface area contributed by atoms with Crippen LogP contribution in [0.15, 0.2) is 18.2 Å². The molecular formula is C15H23ClFNO. The topological polar surface area (TPSA) is 21.3 Å². The normalized spacial score (nSPS) is 16.2. The van der Waals surface area contributed by atoms with Crippen LogP contribution in [0.4, 0.5) is 4.39 Å². The molecular weight excluding hydrogens is 265 g/mol. The lowest BCUT2D eigenvalue weighted by Crippen LogP contribution is -2.27. The zero-order chi connectivity index (χ0) is 13.0. The first-order valence-corrected chi connectivity index (χ1v) is 6.80. The smallest absolute Gasteiger partial charge is 0.126 e. The van der Waals surface area contributed by atoms with Crippen LogP contribution in [-0.2, 0) is 0 Å². The summed E-state index contributed by atoms with van der Waals surface area (Å²) in [5.74, 6) is 1.50. The number of nitrogens with one attached hydrogen (secondary N) is 1. The number of halogens is 2. The highest BCUT2D eigenvalue weighted by molar-refractivity contribution is 5.85. The van der Waals surface area contributed by atoms with Crippen LogP contribution in [0.3, 0.4) is 0 Å². The lowest BCUT2D eigenvalue weighted by Gasteiger charge is -2.23. The van der Waals surface area contributed by atoms with Crippen molar-refractivity contribution in [3.8, 4) is 5.75 Å². The van der Waals surface area contributed by atoms with Gasteiger partial charge in [0.15, 0.2) is 0 Å². The Hall–Kier alpha value is -0.800. The highest BCUT2D eigenvalue weighted by atomic mass is 35.5. The number of ether oxygens (including phenoxy) is 1. The summed E-state index contributed by atoms with van der Waals surface area (Å²) in [4.78, 5) is 0. The van der Waals surface area contributed by atoms with Crippen molar-refractivity contribution in [1.29, 1.82) is 0 Å². The van der Waals surface area contributed by atoms with Gasteiger partial charge in [0.25, 0.3) is 0 Å². The second-order valence-electron chi connectivity index (χ2n) is 5.41. The molecule has 1 heterocycles. The molecule has 2 nitrogen and oxygen atoms in total. The van der Waals surface area contributed by atoms with Crippen molar-refractivity contribution >= 4 is 12.4 Å². The van der Waals surface area contributed by atoms with Gasteiger partial charge in [-0.3, -0.25) is 0 Å². The number of hydrogen-bond acceptors (Lipinski definition) is 2. The van der Waals surface area contributed by atoms with Gasteiger partial charge in [-0.15, -0.1) is 12.4 Å². The van der Waals surface area contributed by atoms with E-state index in [1.165, 1.54) is 6.07 Å². The SMILES string of the molecule is CC(C)COc1ccc(F)c(C2CCNCC2)c1.Cl. The third-order valence-corrected chi connectivity index (χ3v) is 3.33. The lowest BCUT2D eigenvalue weighted by molar-refractivity contribution is 0.270. The van der Waals surface area contributed by atoms with Crippen molar-refractivity contribution in [3.05, 3.63) is 29.6 Å². The molecule has 4 heteroatoms. The van der Waals surface area contributed by atoms with Crippen molar-refractivity contribution < 1.29 is 9.13 Å². The molecule has 1 fully saturated rings. The fraction of sp³-hybridized carbons (Fsp3) is 0.600. The van der Waals surface area contributed by atoms with E-state index in [1.807, 2.05) is 6.07 Å². The number of benzene rings is 1. The highest BCUT2D eigenvalue weighted by Gasteiger charge is 2.19. The van der Waals surface area contributed by atoms with Crippen molar-refractivity contribution in [2.45, 2.75) is 32.6 Å². The van der Waals surface area contributed by atoms with Gasteiger partial charge >= 0.3 is 0 Å². The average Bonchev–Trinajstić information content (AvgIpc) is 2.38. The molecule has 1 saturated heterocycles. The molecule has 1 aromatic rings. The summed E-state index contributed by atoms with van der Waals surface area (Å²) < 4.78 is 19.5. The summed E-state index contributed by atoms with van der Waals surface area (Å²) in [5.41, 5.74) is 0.817. The largest absolute Gasteiger partial charge is 0.493 e. The Kier molecular flexibility index (Phi) is 6.59. The van der Waals surface area contributed by atoms with Gasteiger partial charge in [0, 0.05) is 0 Å². The second kappa shape index (κ2) is 7.71. The van der Waals surface area contributed by atoms with Crippen molar-refractivity contribution in [3.63, 3.8) is 0 Å². The van der Waals surface area contributed by atoms with Crippen molar-refractivity contribution in [2.75, 3.05) is 19.7 Å². The van der Waals surface area contributed by atoms with Gasteiger partial charge in [-0.2, -0.15) is 0 Å². The highest BCUT2D eigenvalue weighted by Crippen LogP contribution is 2.30. The van der Waals surface area contributed by atoms with E-state index in [0.717, 1.165) is 37.2 Å². The quantitative estimate of drug-likeness (QED) is 0.911. The first-order chi connectivity index (χ1) is 8.66. The van der Waals surface area contributed by atoms with Crippen LogP contribution in [-0.4, -0.2) is 19.7 Å². The van der Waals surface area contributed by atoms with Gasteiger partial charge < -0.3 is 10.1 Å². The van der Waals surface area contributed by atoms with Crippen molar-refractivity contribution in [2.24, 2.45) is 5.92 Å². The summed E-state index contributed by atoms with van der Waals surface area (Å²) >= 11 is 0. The molecule has 2 rings (SSSR count). The average molecular weight is 288 g/mol. The zero-order valence-corrected chi connectivity index (χ0v) is 12.4. The van der Waals surface area contributed by atoms with Crippen LogP contribution in [0, 0.1) is 11.7 Å². The van der Waals surface area contributed by atoms with Crippen LogP contribution in [0.1, 0.15) is 38.2 Å². The predicted octanol–water partition coefficient (Wildman–Crippen LogP) is 3.75. The summed E-state index contributed by atoms with van der Waals surface area (Å²) in [7, 11) is 0. The number of piperidine rings is 1. The molecule has 0 aromatic heterocycles. The lowest BCUT2D eigenvalue weighted by atomic mass is 9.90. The molecule has 0 amide bonds. The summed E-state index contributed by atoms with van der Waals surface area (Å²) in [6.45, 7) is 6.84. The molecule has 0 saturated carbocycles. The first-order valence-electron chi connectivity index (χ1n) is 6.80. The second-order valence-corrected chi connectivity index (χ2v) is 5.41. The molecule has 0 spiro atoms. The standard InChI is InChI=1S/C15H22FNO.ClH/c1-11(2)10-18-13-3-4-15(16)14(9-13)12-5-7-17-8-6-12;/h3-4,9,11-12,17H,5-8,10H2,1-2H3;1H. The third-order valence-electron chi connectivity index (χ3n) is 3.33. The minimum atomic E-state index is -0.0983. The summed E-state index contributed by atoms with van der Waals surface area (Å²) in [6, 6.07) is 5.14. The third kappa shape index (κ3) is 4.66. The van der Waals surface area contributed by atoms with Gasteiger partial charge in [-0.1, -0.05) is 13.8 Å². The van der Waals surface area contributed by atoms with E-state index < -0.39 is 0 Å². The molecule has 0 unspecified atom stereocenters. The first kappa shape index (κ1) is 16.3. The monoisotopic (exact) mass is 287 g/mol. The van der Waals surface area contributed by atoms with Gasteiger partial charge in [-0.05, 0) is 61.5 Å². The molecule has 108 valence electrons. The van der Waals surface area contributed by atoms with Crippen molar-refractivity contribution in [1.82, 2.24) is 5.32 Å². The fourth-order valence-corrected chi connectivity index (χ4v) is 2.32. The molecule has 0 aliphatic carbocycles. The molecule has 0 radical (unpaired) electrons. The molecule has 19 heavy (non-hydrogen) atoms. The van der Waals surface area contributed by atoms with E-state index in [2.05, 4.69) is 19.2 Å². The molecule has 1 aliphatic heterocycles. The van der Waals surface area contributed by atoms with Crippen LogP contribution >= 0.6 is 12.4 Å². The van der Waals surface area contributed by atoms with E-state index in [9.17, 15) is 4.39 Å². The minimum absolute atomic E-state index is 0. The minimum Gasteiger partial charge on any atom is -0.493 e. The Balaban J connectivity index is 0.00000180. The number of hydrogen-bond donors (Lipinski definition) is 1. The Labute approximate surface area is 121 Å². The maximum absolute atomic E-state index is 13.9. The van der Waals surface area contributed by atoms with Crippen LogP contribution in [0.2, 0.25) is 0 Å². The van der Waals surface area contributed by atoms with Crippen LogP contribution < -0.4 is 10.1 Å². The molecule has 1 aromatic carbocycles. The zero-order valence-electron chi connectivity index (χ0n) is 11.6. The molecule has 1 N–H and O–H groups in total. The summed E-state index contributed by atoms with van der Waals surface area (Å²) in [6.07, 6.45) is 2.01. The van der Waals surface area contributed by atoms with Crippen LogP contribution in [0.5, 0.6) is 5.75 Å². The van der Waals surface area contributed by atoms with E-state index in [4.69, 9.17) is 4.74 Å². The maximum atomic E-state index is 13.9.